The van der Waals surface area contributed by atoms with E-state index in [4.69, 9.17) is 0 Å². The van der Waals surface area contributed by atoms with Crippen molar-refractivity contribution in [2.45, 2.75) is 38.6 Å². The quantitative estimate of drug-likeness (QED) is 0.668. The molecular weight excluding hydrogens is 287 g/mol. The molecule has 0 aliphatic heterocycles. The molecule has 1 aromatic carbocycles. The van der Waals surface area contributed by atoms with E-state index >= 15 is 0 Å². The molecule has 8 heteroatoms. The Morgan fingerprint density at radius 2 is 1.85 bits per heavy atom. The summed E-state index contributed by atoms with van der Waals surface area (Å²) in [6.45, 7) is 6.65. The minimum atomic E-state index is -3.92. The number of hydrogen-bond acceptors (Lipinski definition) is 4. The van der Waals surface area contributed by atoms with Crippen LogP contribution in [0.3, 0.4) is 0 Å². The van der Waals surface area contributed by atoms with Crippen molar-refractivity contribution in [2.24, 2.45) is 5.92 Å². The first-order valence-corrected chi connectivity index (χ1v) is 7.51. The first-order chi connectivity index (χ1) is 9.06. The van der Waals surface area contributed by atoms with Crippen molar-refractivity contribution in [3.05, 3.63) is 33.6 Å². The first-order valence-electron chi connectivity index (χ1n) is 6.03. The van der Waals surface area contributed by atoms with Gasteiger partial charge in [-0.3, -0.25) is 10.1 Å². The average Bonchev–Trinajstić information content (AvgIpc) is 2.31. The zero-order valence-electron chi connectivity index (χ0n) is 11.7. The highest BCUT2D eigenvalue weighted by Crippen LogP contribution is 2.25. The highest BCUT2D eigenvalue weighted by atomic mass is 32.2. The lowest BCUT2D eigenvalue weighted by atomic mass is 10.1. The van der Waals surface area contributed by atoms with Crippen molar-refractivity contribution < 1.29 is 17.7 Å². The molecule has 20 heavy (non-hydrogen) atoms. The zero-order valence-corrected chi connectivity index (χ0v) is 12.5. The Kier molecular flexibility index (Phi) is 4.82. The topological polar surface area (TPSA) is 89.3 Å². The van der Waals surface area contributed by atoms with E-state index in [1.165, 1.54) is 6.92 Å². The summed E-state index contributed by atoms with van der Waals surface area (Å²) in [6.07, 6.45) is 0. The number of hydrogen-bond donors (Lipinski definition) is 1. The molecule has 0 radical (unpaired) electrons. The van der Waals surface area contributed by atoms with Crippen LogP contribution >= 0.6 is 0 Å². The molecule has 0 saturated carbocycles. The number of halogens is 1. The van der Waals surface area contributed by atoms with Crippen molar-refractivity contribution >= 4 is 15.7 Å². The van der Waals surface area contributed by atoms with E-state index in [-0.39, 0.29) is 22.4 Å². The molecule has 112 valence electrons. The molecule has 0 spiro atoms. The van der Waals surface area contributed by atoms with Crippen molar-refractivity contribution in [1.29, 1.82) is 0 Å². The van der Waals surface area contributed by atoms with Crippen LogP contribution in [0.4, 0.5) is 10.1 Å². The Balaban J connectivity index is 3.30. The van der Waals surface area contributed by atoms with E-state index in [0.717, 1.165) is 12.1 Å². The van der Waals surface area contributed by atoms with Crippen LogP contribution in [0.25, 0.3) is 0 Å². The predicted octanol–water partition coefficient (Wildman–Crippen LogP) is 2.37. The molecule has 1 aromatic rings. The Bertz CT molecular complexity index is 629. The van der Waals surface area contributed by atoms with E-state index in [0.29, 0.717) is 0 Å². The number of rotatable bonds is 5. The van der Waals surface area contributed by atoms with Crippen molar-refractivity contribution in [3.63, 3.8) is 0 Å². The molecule has 0 aliphatic carbocycles. The zero-order chi connectivity index (χ0) is 15.7. The van der Waals surface area contributed by atoms with Crippen LogP contribution in [0, 0.1) is 28.8 Å². The van der Waals surface area contributed by atoms with E-state index in [1.807, 2.05) is 13.8 Å². The Morgan fingerprint density at radius 1 is 1.30 bits per heavy atom. The minimum absolute atomic E-state index is 0.0568. The van der Waals surface area contributed by atoms with Gasteiger partial charge in [0.15, 0.2) is 0 Å². The minimum Gasteiger partial charge on any atom is -0.258 e. The van der Waals surface area contributed by atoms with Gasteiger partial charge in [-0.2, -0.15) is 4.39 Å². The van der Waals surface area contributed by atoms with Crippen LogP contribution in [0.15, 0.2) is 17.0 Å². The second kappa shape index (κ2) is 5.84. The van der Waals surface area contributed by atoms with Gasteiger partial charge in [0.2, 0.25) is 15.8 Å². The van der Waals surface area contributed by atoms with E-state index < -0.39 is 26.5 Å². The number of benzene rings is 1. The van der Waals surface area contributed by atoms with Crippen LogP contribution in [0.5, 0.6) is 0 Å². The Hall–Kier alpha value is -1.54. The number of nitro benzene ring substituents is 1. The molecule has 0 fully saturated rings. The second-order valence-corrected chi connectivity index (χ2v) is 6.70. The monoisotopic (exact) mass is 304 g/mol. The lowest BCUT2D eigenvalue weighted by molar-refractivity contribution is -0.387. The van der Waals surface area contributed by atoms with E-state index in [9.17, 15) is 22.9 Å². The number of aryl methyl sites for hydroxylation is 1. The predicted molar refractivity (Wildman–Crippen MR) is 72.4 cm³/mol. The maximum Gasteiger partial charge on any atom is 0.306 e. The molecule has 1 unspecified atom stereocenters. The summed E-state index contributed by atoms with van der Waals surface area (Å²) in [6, 6.07) is 1.47. The van der Waals surface area contributed by atoms with Crippen molar-refractivity contribution in [3.8, 4) is 0 Å². The molecule has 1 N–H and O–H groups in total. The van der Waals surface area contributed by atoms with E-state index in [2.05, 4.69) is 4.72 Å². The third-order valence-corrected chi connectivity index (χ3v) is 4.60. The van der Waals surface area contributed by atoms with Gasteiger partial charge in [0, 0.05) is 12.1 Å². The third-order valence-electron chi connectivity index (χ3n) is 3.06. The maximum absolute atomic E-state index is 13.6. The van der Waals surface area contributed by atoms with Gasteiger partial charge < -0.3 is 0 Å². The molecule has 0 aliphatic rings. The van der Waals surface area contributed by atoms with Crippen molar-refractivity contribution in [1.82, 2.24) is 4.72 Å². The molecule has 0 amide bonds. The van der Waals surface area contributed by atoms with Gasteiger partial charge in [0.1, 0.15) is 0 Å². The van der Waals surface area contributed by atoms with Gasteiger partial charge in [0.05, 0.1) is 9.82 Å². The molecule has 0 aromatic heterocycles. The molecule has 0 heterocycles. The van der Waals surface area contributed by atoms with Crippen LogP contribution in [-0.2, 0) is 10.0 Å². The summed E-state index contributed by atoms with van der Waals surface area (Å²) in [5.41, 5.74) is -0.931. The second-order valence-electron chi connectivity index (χ2n) is 4.98. The maximum atomic E-state index is 13.6. The van der Waals surface area contributed by atoms with Gasteiger partial charge in [-0.15, -0.1) is 0 Å². The van der Waals surface area contributed by atoms with Gasteiger partial charge in [0.25, 0.3) is 0 Å². The number of nitrogens with zero attached hydrogens (tertiary/aromatic N) is 1. The molecular formula is C12H17FN2O4S. The van der Waals surface area contributed by atoms with Gasteiger partial charge in [-0.05, 0) is 31.4 Å². The van der Waals surface area contributed by atoms with Crippen LogP contribution < -0.4 is 4.72 Å². The van der Waals surface area contributed by atoms with E-state index in [1.54, 1.807) is 6.92 Å². The van der Waals surface area contributed by atoms with Crippen molar-refractivity contribution in [2.75, 3.05) is 0 Å². The van der Waals surface area contributed by atoms with Gasteiger partial charge >= 0.3 is 5.69 Å². The molecule has 1 atom stereocenters. The lowest BCUT2D eigenvalue weighted by Gasteiger charge is -2.17. The summed E-state index contributed by atoms with van der Waals surface area (Å²) in [5.74, 6) is -0.966. The molecule has 0 bridgehead atoms. The summed E-state index contributed by atoms with van der Waals surface area (Å²) in [7, 11) is -3.92. The lowest BCUT2D eigenvalue weighted by Crippen LogP contribution is -2.36. The Morgan fingerprint density at radius 3 is 2.30 bits per heavy atom. The average molecular weight is 304 g/mol. The van der Waals surface area contributed by atoms with Crippen LogP contribution in [-0.4, -0.2) is 19.4 Å². The largest absolute Gasteiger partial charge is 0.306 e. The fraction of sp³-hybridized carbons (Fsp3) is 0.500. The highest BCUT2D eigenvalue weighted by molar-refractivity contribution is 7.89. The Labute approximate surface area is 117 Å². The highest BCUT2D eigenvalue weighted by Gasteiger charge is 2.25. The number of sulfonamides is 1. The fourth-order valence-electron chi connectivity index (χ4n) is 1.46. The number of nitrogens with one attached hydrogen (secondary N) is 1. The summed E-state index contributed by atoms with van der Waals surface area (Å²) in [4.78, 5) is 9.49. The van der Waals surface area contributed by atoms with Gasteiger partial charge in [-0.1, -0.05) is 13.8 Å². The molecule has 1 rings (SSSR count). The fourth-order valence-corrected chi connectivity index (χ4v) is 2.95. The molecule has 0 saturated heterocycles. The molecule has 6 nitrogen and oxygen atoms in total. The normalized spacial score (nSPS) is 13.5. The smallest absolute Gasteiger partial charge is 0.258 e. The van der Waals surface area contributed by atoms with Crippen LogP contribution in [0.2, 0.25) is 0 Å². The standard InChI is InChI=1S/C12H17FN2O4S/c1-7(2)9(4)14-20(18,19)10-5-8(3)12(13)11(6-10)15(16)17/h5-7,9,14H,1-4H3. The SMILES string of the molecule is Cc1cc(S(=O)(=O)NC(C)C(C)C)cc([N+](=O)[O-])c1F. The van der Waals surface area contributed by atoms with Crippen LogP contribution in [0.1, 0.15) is 26.3 Å². The first kappa shape index (κ1) is 16.5. The third kappa shape index (κ3) is 3.51. The number of nitro groups is 1. The summed E-state index contributed by atoms with van der Waals surface area (Å²) >= 11 is 0. The summed E-state index contributed by atoms with van der Waals surface area (Å²) in [5, 5.41) is 10.7. The summed E-state index contributed by atoms with van der Waals surface area (Å²) < 4.78 is 40.2. The van der Waals surface area contributed by atoms with Gasteiger partial charge in [-0.25, -0.2) is 13.1 Å².